The van der Waals surface area contributed by atoms with Gasteiger partial charge in [-0.15, -0.1) is 0 Å². The normalized spacial score (nSPS) is 27.4. The van der Waals surface area contributed by atoms with Crippen LogP contribution in [0.25, 0.3) is 10.8 Å². The standard InChI is InChI=1S/C47H50O10/c1-30-40(29-53-44(48)36-18-9-5-10-19-36)55-47(32(3)41(30)52-27-34-23-24-35-17-13-14-22-38(35)25-34)57-42-31(2)39(28-51-26-33-15-7-4-8-16-33)54-46(50)43(42)56-45(49)37-20-11-6-12-21-37/h4-25,30-32,39-43,46-47,50H,26-29H2,1-3H3/t30?,31-,32?,39?,40?,41?,42-,43?,46?,47?/m0/s1. The zero-order chi connectivity index (χ0) is 39.7. The van der Waals surface area contributed by atoms with Gasteiger partial charge in [-0.1, -0.05) is 124 Å². The molecule has 0 aliphatic carbocycles. The summed E-state index contributed by atoms with van der Waals surface area (Å²) >= 11 is 0. The molecule has 2 aliphatic heterocycles. The van der Waals surface area contributed by atoms with Gasteiger partial charge in [0.05, 0.1) is 49.3 Å². The van der Waals surface area contributed by atoms with Crippen molar-refractivity contribution in [2.24, 2.45) is 17.8 Å². The minimum atomic E-state index is -1.52. The van der Waals surface area contributed by atoms with E-state index in [0.717, 1.165) is 21.9 Å². The van der Waals surface area contributed by atoms with E-state index in [1.807, 2.05) is 69.3 Å². The van der Waals surface area contributed by atoms with Gasteiger partial charge in [0.1, 0.15) is 12.7 Å². The lowest BCUT2D eigenvalue weighted by Gasteiger charge is -2.48. The summed E-state index contributed by atoms with van der Waals surface area (Å²) in [5.41, 5.74) is 2.76. The highest BCUT2D eigenvalue weighted by molar-refractivity contribution is 5.90. The maximum absolute atomic E-state index is 13.4. The topological polar surface area (TPSA) is 119 Å². The molecule has 0 saturated carbocycles. The molecule has 2 fully saturated rings. The van der Waals surface area contributed by atoms with Gasteiger partial charge in [0.15, 0.2) is 18.7 Å². The number of hydrogen-bond donors (Lipinski definition) is 1. The Morgan fingerprint density at radius 3 is 1.88 bits per heavy atom. The smallest absolute Gasteiger partial charge is 0.338 e. The molecule has 298 valence electrons. The Labute approximate surface area is 333 Å². The molecule has 1 N–H and O–H groups in total. The van der Waals surface area contributed by atoms with Gasteiger partial charge >= 0.3 is 11.9 Å². The first-order valence-corrected chi connectivity index (χ1v) is 19.6. The molecule has 57 heavy (non-hydrogen) atoms. The summed E-state index contributed by atoms with van der Waals surface area (Å²) in [5, 5.41) is 13.7. The zero-order valence-corrected chi connectivity index (χ0v) is 32.4. The number of rotatable bonds is 14. The summed E-state index contributed by atoms with van der Waals surface area (Å²) in [6.45, 7) is 6.71. The van der Waals surface area contributed by atoms with E-state index >= 15 is 0 Å². The Kier molecular flexibility index (Phi) is 13.4. The monoisotopic (exact) mass is 774 g/mol. The van der Waals surface area contributed by atoms with Gasteiger partial charge in [0.2, 0.25) is 0 Å². The predicted molar refractivity (Wildman–Crippen MR) is 213 cm³/mol. The quantitative estimate of drug-likeness (QED) is 0.112. The van der Waals surface area contributed by atoms with E-state index in [1.54, 1.807) is 54.6 Å². The number of aliphatic hydroxyl groups is 1. The summed E-state index contributed by atoms with van der Waals surface area (Å²) in [4.78, 5) is 26.5. The molecule has 10 heteroatoms. The molecule has 0 radical (unpaired) electrons. The molecular weight excluding hydrogens is 725 g/mol. The van der Waals surface area contributed by atoms with Crippen LogP contribution in [0.15, 0.2) is 133 Å². The Balaban J connectivity index is 1.13. The number of aliphatic hydroxyl groups excluding tert-OH is 1. The van der Waals surface area contributed by atoms with Crippen LogP contribution in [-0.4, -0.2) is 73.4 Å². The molecule has 5 aromatic rings. The molecule has 2 heterocycles. The first-order valence-electron chi connectivity index (χ1n) is 19.6. The molecule has 5 aromatic carbocycles. The fourth-order valence-corrected chi connectivity index (χ4v) is 7.61. The highest BCUT2D eigenvalue weighted by Crippen LogP contribution is 2.38. The number of benzene rings is 5. The number of carbonyl (C=O) groups is 2. The van der Waals surface area contributed by atoms with Crippen LogP contribution >= 0.6 is 0 Å². The van der Waals surface area contributed by atoms with Crippen molar-refractivity contribution in [3.8, 4) is 0 Å². The van der Waals surface area contributed by atoms with E-state index in [4.69, 9.17) is 33.2 Å². The largest absolute Gasteiger partial charge is 0.459 e. The molecule has 2 saturated heterocycles. The minimum Gasteiger partial charge on any atom is -0.459 e. The number of carbonyl (C=O) groups excluding carboxylic acids is 2. The third kappa shape index (κ3) is 9.96. The maximum atomic E-state index is 13.4. The average molecular weight is 775 g/mol. The highest BCUT2D eigenvalue weighted by atomic mass is 16.7. The fourth-order valence-electron chi connectivity index (χ4n) is 7.61. The number of esters is 2. The Morgan fingerprint density at radius 1 is 0.579 bits per heavy atom. The van der Waals surface area contributed by atoms with Crippen molar-refractivity contribution >= 4 is 22.7 Å². The minimum absolute atomic E-state index is 0.0500. The Bertz CT molecular complexity index is 2040. The van der Waals surface area contributed by atoms with Gasteiger partial charge < -0.3 is 38.3 Å². The molecule has 0 aromatic heterocycles. The van der Waals surface area contributed by atoms with Crippen molar-refractivity contribution < 1.29 is 47.9 Å². The summed E-state index contributed by atoms with van der Waals surface area (Å²) in [7, 11) is 0. The van der Waals surface area contributed by atoms with E-state index in [2.05, 4.69) is 30.3 Å². The van der Waals surface area contributed by atoms with Crippen molar-refractivity contribution in [2.75, 3.05) is 13.2 Å². The number of fused-ring (bicyclic) bond motifs is 1. The highest BCUT2D eigenvalue weighted by Gasteiger charge is 2.51. The van der Waals surface area contributed by atoms with Crippen LogP contribution in [0.4, 0.5) is 0 Å². The van der Waals surface area contributed by atoms with Gasteiger partial charge in [0, 0.05) is 17.8 Å². The van der Waals surface area contributed by atoms with Crippen LogP contribution in [0.3, 0.4) is 0 Å². The van der Waals surface area contributed by atoms with Crippen LogP contribution < -0.4 is 0 Å². The summed E-state index contributed by atoms with van der Waals surface area (Å²) in [6.07, 6.45) is -6.15. The molecule has 8 unspecified atom stereocenters. The number of hydrogen-bond acceptors (Lipinski definition) is 10. The molecule has 0 amide bonds. The van der Waals surface area contributed by atoms with E-state index in [-0.39, 0.29) is 25.0 Å². The average Bonchev–Trinajstić information content (AvgIpc) is 3.24. The fraction of sp³-hybridized carbons (Fsp3) is 0.362. The van der Waals surface area contributed by atoms with Crippen LogP contribution in [0.5, 0.6) is 0 Å². The SMILES string of the molecule is CC1C(COC(=O)c2ccccc2)OC(O[C@@H]2C(OC(=O)c3ccccc3)C(O)OC(COCc3ccccc3)[C@@H]2C)C(C)C1OCc1ccc2ccccc2c1. The maximum Gasteiger partial charge on any atom is 0.338 e. The lowest BCUT2D eigenvalue weighted by atomic mass is 9.85. The van der Waals surface area contributed by atoms with E-state index < -0.39 is 61.0 Å². The van der Waals surface area contributed by atoms with Crippen molar-refractivity contribution in [3.63, 3.8) is 0 Å². The number of ether oxygens (including phenoxy) is 7. The van der Waals surface area contributed by atoms with Crippen molar-refractivity contribution in [1.29, 1.82) is 0 Å². The van der Waals surface area contributed by atoms with Crippen LogP contribution in [0, 0.1) is 17.8 Å². The Hall–Kier alpha value is -4.94. The van der Waals surface area contributed by atoms with Crippen molar-refractivity contribution in [1.82, 2.24) is 0 Å². The second-order valence-electron chi connectivity index (χ2n) is 14.9. The van der Waals surface area contributed by atoms with E-state index in [0.29, 0.717) is 24.3 Å². The first kappa shape index (κ1) is 40.3. The molecule has 0 bridgehead atoms. The van der Waals surface area contributed by atoms with Crippen LogP contribution in [-0.2, 0) is 46.4 Å². The van der Waals surface area contributed by atoms with Crippen molar-refractivity contribution in [3.05, 3.63) is 156 Å². The second kappa shape index (κ2) is 19.0. The molecule has 10 nitrogen and oxygen atoms in total. The van der Waals surface area contributed by atoms with Crippen LogP contribution in [0.1, 0.15) is 52.6 Å². The molecule has 2 aliphatic rings. The summed E-state index contributed by atoms with van der Waals surface area (Å²) in [6, 6.07) is 41.6. The lowest BCUT2D eigenvalue weighted by molar-refractivity contribution is -0.337. The van der Waals surface area contributed by atoms with Gasteiger partial charge in [0.25, 0.3) is 0 Å². The van der Waals surface area contributed by atoms with E-state index in [9.17, 15) is 14.7 Å². The van der Waals surface area contributed by atoms with Gasteiger partial charge in [-0.05, 0) is 52.2 Å². The summed E-state index contributed by atoms with van der Waals surface area (Å²) < 4.78 is 44.2. The van der Waals surface area contributed by atoms with Crippen molar-refractivity contribution in [2.45, 2.75) is 77.1 Å². The zero-order valence-electron chi connectivity index (χ0n) is 32.4. The lowest BCUT2D eigenvalue weighted by Crippen LogP contribution is -2.60. The van der Waals surface area contributed by atoms with E-state index in [1.165, 1.54) is 0 Å². The van der Waals surface area contributed by atoms with Gasteiger partial charge in [-0.2, -0.15) is 0 Å². The molecule has 0 spiro atoms. The molecule has 7 rings (SSSR count). The third-order valence-corrected chi connectivity index (χ3v) is 11.0. The van der Waals surface area contributed by atoms with Crippen LogP contribution in [0.2, 0.25) is 0 Å². The molecular formula is C47H50O10. The summed E-state index contributed by atoms with van der Waals surface area (Å²) in [5.74, 6) is -2.08. The Morgan fingerprint density at radius 2 is 1.18 bits per heavy atom. The third-order valence-electron chi connectivity index (χ3n) is 11.0. The molecule has 10 atom stereocenters. The van der Waals surface area contributed by atoms with Gasteiger partial charge in [-0.3, -0.25) is 0 Å². The first-order chi connectivity index (χ1) is 27.7. The predicted octanol–water partition coefficient (Wildman–Crippen LogP) is 7.76. The van der Waals surface area contributed by atoms with Gasteiger partial charge in [-0.25, -0.2) is 9.59 Å². The second-order valence-corrected chi connectivity index (χ2v) is 14.9.